The molecule has 2 amide bonds. The second-order valence-corrected chi connectivity index (χ2v) is 6.77. The summed E-state index contributed by atoms with van der Waals surface area (Å²) in [4.78, 5) is 22.2. The van der Waals surface area contributed by atoms with Crippen LogP contribution in [0.15, 0.2) is 0 Å². The Morgan fingerprint density at radius 1 is 1.21 bits per heavy atom. The molecule has 0 aromatic rings. The molecule has 1 rings (SSSR count). The monoisotopic (exact) mass is 270 g/mol. The Hall–Kier alpha value is -1.26. The molecule has 0 aromatic carbocycles. The molecule has 5 nitrogen and oxygen atoms in total. The Kier molecular flexibility index (Phi) is 4.48. The van der Waals surface area contributed by atoms with Gasteiger partial charge in [-0.1, -0.05) is 34.6 Å². The zero-order chi connectivity index (χ0) is 14.8. The fourth-order valence-electron chi connectivity index (χ4n) is 2.48. The number of urea groups is 1. The molecule has 1 unspecified atom stereocenters. The maximum absolute atomic E-state index is 11.8. The van der Waals surface area contributed by atoms with Crippen molar-refractivity contribution in [1.82, 2.24) is 10.6 Å². The van der Waals surface area contributed by atoms with Gasteiger partial charge in [-0.2, -0.15) is 0 Å². The summed E-state index contributed by atoms with van der Waals surface area (Å²) in [5.41, 5.74) is 0.249. The lowest BCUT2D eigenvalue weighted by Crippen LogP contribution is -2.40. The van der Waals surface area contributed by atoms with Gasteiger partial charge in [0.25, 0.3) is 0 Å². The average Bonchev–Trinajstić information content (AvgIpc) is 2.66. The minimum atomic E-state index is -0.794. The van der Waals surface area contributed by atoms with Gasteiger partial charge in [-0.05, 0) is 23.2 Å². The molecule has 0 saturated heterocycles. The summed E-state index contributed by atoms with van der Waals surface area (Å²) in [5, 5.41) is 14.4. The molecule has 5 heteroatoms. The maximum Gasteiger partial charge on any atom is 0.315 e. The summed E-state index contributed by atoms with van der Waals surface area (Å²) >= 11 is 0. The number of carbonyl (C=O) groups excluding carboxylic acids is 1. The lowest BCUT2D eigenvalue weighted by molar-refractivity contribution is -0.137. The van der Waals surface area contributed by atoms with Crippen LogP contribution < -0.4 is 10.6 Å². The maximum atomic E-state index is 11.8. The number of nitrogens with one attached hydrogen (secondary N) is 2. The molecule has 0 aliphatic heterocycles. The molecule has 0 radical (unpaired) electrons. The van der Waals surface area contributed by atoms with E-state index in [0.29, 0.717) is 13.0 Å². The Labute approximate surface area is 115 Å². The molecule has 110 valence electrons. The highest BCUT2D eigenvalue weighted by Crippen LogP contribution is 2.62. The van der Waals surface area contributed by atoms with Crippen LogP contribution >= 0.6 is 0 Å². The van der Waals surface area contributed by atoms with Gasteiger partial charge in [0.2, 0.25) is 0 Å². The molecular weight excluding hydrogens is 244 g/mol. The third-order valence-electron chi connectivity index (χ3n) is 4.76. The van der Waals surface area contributed by atoms with Gasteiger partial charge in [0, 0.05) is 19.0 Å². The molecular formula is C14H26N2O3. The smallest absolute Gasteiger partial charge is 0.315 e. The number of hydrogen-bond acceptors (Lipinski definition) is 2. The van der Waals surface area contributed by atoms with Gasteiger partial charge in [-0.15, -0.1) is 0 Å². The van der Waals surface area contributed by atoms with E-state index in [1.165, 1.54) is 0 Å². The van der Waals surface area contributed by atoms with Gasteiger partial charge in [-0.3, -0.25) is 4.79 Å². The summed E-state index contributed by atoms with van der Waals surface area (Å²) in [6, 6.07) is 0.0279. The van der Waals surface area contributed by atoms with Crippen LogP contribution in [0.2, 0.25) is 0 Å². The Morgan fingerprint density at radius 3 is 2.16 bits per heavy atom. The van der Waals surface area contributed by atoms with Crippen molar-refractivity contribution in [2.45, 2.75) is 53.5 Å². The van der Waals surface area contributed by atoms with Crippen LogP contribution in [-0.4, -0.2) is 29.7 Å². The molecule has 0 heterocycles. The first kappa shape index (κ1) is 15.8. The third kappa shape index (κ3) is 3.61. The zero-order valence-corrected chi connectivity index (χ0v) is 12.5. The number of carbonyl (C=O) groups is 2. The van der Waals surface area contributed by atoms with Crippen molar-refractivity contribution in [2.75, 3.05) is 6.54 Å². The van der Waals surface area contributed by atoms with Crippen LogP contribution in [0.4, 0.5) is 4.79 Å². The van der Waals surface area contributed by atoms with E-state index >= 15 is 0 Å². The van der Waals surface area contributed by atoms with E-state index in [0.717, 1.165) is 0 Å². The predicted molar refractivity (Wildman–Crippen MR) is 73.9 cm³/mol. The summed E-state index contributed by atoms with van der Waals surface area (Å²) in [6.45, 7) is 11.0. The quantitative estimate of drug-likeness (QED) is 0.692. The van der Waals surface area contributed by atoms with Crippen LogP contribution in [0.3, 0.4) is 0 Å². The second kappa shape index (κ2) is 5.39. The first-order chi connectivity index (χ1) is 8.59. The van der Waals surface area contributed by atoms with Gasteiger partial charge in [0.1, 0.15) is 0 Å². The molecule has 1 aliphatic carbocycles. The summed E-state index contributed by atoms with van der Waals surface area (Å²) < 4.78 is 0. The van der Waals surface area contributed by atoms with Crippen molar-refractivity contribution in [1.29, 1.82) is 0 Å². The molecule has 0 spiro atoms. The molecule has 1 aliphatic rings. The summed E-state index contributed by atoms with van der Waals surface area (Å²) in [5.74, 6) is -0.625. The van der Waals surface area contributed by atoms with E-state index in [1.54, 1.807) is 0 Å². The van der Waals surface area contributed by atoms with Gasteiger partial charge in [-0.25, -0.2) is 4.79 Å². The van der Waals surface area contributed by atoms with E-state index < -0.39 is 5.97 Å². The summed E-state index contributed by atoms with van der Waals surface area (Å²) in [6.07, 6.45) is 0.725. The third-order valence-corrected chi connectivity index (χ3v) is 4.76. The number of aliphatic carboxylic acids is 1. The minimum Gasteiger partial charge on any atom is -0.481 e. The number of rotatable bonds is 6. The van der Waals surface area contributed by atoms with Crippen LogP contribution in [0, 0.1) is 16.7 Å². The summed E-state index contributed by atoms with van der Waals surface area (Å²) in [7, 11) is 0. The van der Waals surface area contributed by atoms with Gasteiger partial charge >= 0.3 is 12.0 Å². The zero-order valence-electron chi connectivity index (χ0n) is 12.5. The topological polar surface area (TPSA) is 78.4 Å². The highest BCUT2D eigenvalue weighted by molar-refractivity contribution is 5.75. The lowest BCUT2D eigenvalue weighted by atomic mass is 10.0. The molecule has 19 heavy (non-hydrogen) atoms. The standard InChI is InChI=1S/C14H26N2O3/c1-9(6-7-10(17)18)8-15-12(19)16-11-13(2,3)14(11,4)5/h9,11H,6-8H2,1-5H3,(H,17,18)(H2,15,16,19). The van der Waals surface area contributed by atoms with Crippen LogP contribution in [-0.2, 0) is 4.79 Å². The highest BCUT2D eigenvalue weighted by atomic mass is 16.4. The van der Waals surface area contributed by atoms with Gasteiger partial charge < -0.3 is 15.7 Å². The molecule has 0 bridgehead atoms. The van der Waals surface area contributed by atoms with E-state index in [4.69, 9.17) is 5.11 Å². The first-order valence-electron chi connectivity index (χ1n) is 6.85. The lowest BCUT2D eigenvalue weighted by Gasteiger charge is -2.13. The highest BCUT2D eigenvalue weighted by Gasteiger charge is 2.65. The SMILES string of the molecule is CC(CCC(=O)O)CNC(=O)NC1C(C)(C)C1(C)C. The molecule has 1 fully saturated rings. The van der Waals surface area contributed by atoms with Gasteiger partial charge in [0.05, 0.1) is 0 Å². The predicted octanol–water partition coefficient (Wildman–Crippen LogP) is 2.22. The van der Waals surface area contributed by atoms with Crippen molar-refractivity contribution in [3.05, 3.63) is 0 Å². The second-order valence-electron chi connectivity index (χ2n) is 6.77. The van der Waals surface area contributed by atoms with Crippen LogP contribution in [0.5, 0.6) is 0 Å². The van der Waals surface area contributed by atoms with Crippen LogP contribution in [0.25, 0.3) is 0 Å². The van der Waals surface area contributed by atoms with Gasteiger partial charge in [0.15, 0.2) is 0 Å². The Bertz CT molecular complexity index is 350. The average molecular weight is 270 g/mol. The fourth-order valence-corrected chi connectivity index (χ4v) is 2.48. The van der Waals surface area contributed by atoms with Crippen molar-refractivity contribution in [3.63, 3.8) is 0 Å². The van der Waals surface area contributed by atoms with Crippen molar-refractivity contribution < 1.29 is 14.7 Å². The van der Waals surface area contributed by atoms with Crippen molar-refractivity contribution >= 4 is 12.0 Å². The molecule has 1 saturated carbocycles. The molecule has 1 atom stereocenters. The Balaban J connectivity index is 2.25. The van der Waals surface area contributed by atoms with Crippen LogP contribution in [0.1, 0.15) is 47.5 Å². The van der Waals surface area contributed by atoms with E-state index in [2.05, 4.69) is 38.3 Å². The fraction of sp³-hybridized carbons (Fsp3) is 0.857. The van der Waals surface area contributed by atoms with E-state index in [-0.39, 0.29) is 35.2 Å². The largest absolute Gasteiger partial charge is 0.481 e. The molecule has 3 N–H and O–H groups in total. The number of carboxylic acid groups (broad SMARTS) is 1. The first-order valence-corrected chi connectivity index (χ1v) is 6.85. The van der Waals surface area contributed by atoms with E-state index in [1.807, 2.05) is 6.92 Å². The Morgan fingerprint density at radius 2 is 1.74 bits per heavy atom. The minimum absolute atomic E-state index is 0.124. The number of hydrogen-bond donors (Lipinski definition) is 3. The van der Waals surface area contributed by atoms with Crippen molar-refractivity contribution in [2.24, 2.45) is 16.7 Å². The van der Waals surface area contributed by atoms with Crippen molar-refractivity contribution in [3.8, 4) is 0 Å². The number of carboxylic acids is 1. The van der Waals surface area contributed by atoms with E-state index in [9.17, 15) is 9.59 Å². The number of amides is 2. The normalized spacial score (nSPS) is 21.5. The molecule has 0 aromatic heterocycles.